The van der Waals surface area contributed by atoms with E-state index in [1.54, 1.807) is 55.5 Å². The van der Waals surface area contributed by atoms with Crippen LogP contribution in [-0.4, -0.2) is 35.0 Å². The summed E-state index contributed by atoms with van der Waals surface area (Å²) in [6.45, 7) is 5.76. The van der Waals surface area contributed by atoms with Crippen LogP contribution in [0.1, 0.15) is 34.2 Å². The molecule has 1 aliphatic heterocycles. The molecule has 0 unspecified atom stereocenters. The normalized spacial score (nSPS) is 15.0. The van der Waals surface area contributed by atoms with Crippen LogP contribution in [0.15, 0.2) is 66.2 Å². The molecule has 0 saturated carbocycles. The van der Waals surface area contributed by atoms with E-state index in [9.17, 15) is 19.2 Å². The number of amides is 4. The number of aromatic nitrogens is 1. The maximum atomic E-state index is 13.1. The second kappa shape index (κ2) is 9.19. The number of nitrogens with one attached hydrogen (secondary N) is 1. The van der Waals surface area contributed by atoms with E-state index in [2.05, 4.69) is 5.32 Å². The number of rotatable bonds is 5. The molecule has 0 radical (unpaired) electrons. The van der Waals surface area contributed by atoms with Crippen LogP contribution >= 0.6 is 0 Å². The van der Waals surface area contributed by atoms with E-state index in [-0.39, 0.29) is 12.2 Å². The molecular weight excluding hydrogens is 434 g/mol. The lowest BCUT2D eigenvalue weighted by atomic mass is 10.1. The number of hydrogen-bond donors (Lipinski definition) is 1. The second-order valence-corrected chi connectivity index (χ2v) is 7.73. The lowest BCUT2D eigenvalue weighted by Gasteiger charge is -2.26. The summed E-state index contributed by atoms with van der Waals surface area (Å²) in [5, 5.41) is 2.23. The number of esters is 1. The summed E-state index contributed by atoms with van der Waals surface area (Å²) in [4.78, 5) is 51.1. The lowest BCUT2D eigenvalue weighted by molar-refractivity contribution is -0.122. The van der Waals surface area contributed by atoms with Crippen LogP contribution in [0, 0.1) is 13.8 Å². The van der Waals surface area contributed by atoms with Crippen LogP contribution < -0.4 is 10.2 Å². The molecule has 2 aromatic carbocycles. The van der Waals surface area contributed by atoms with Crippen LogP contribution in [-0.2, 0) is 14.3 Å². The Kier molecular flexibility index (Phi) is 6.14. The van der Waals surface area contributed by atoms with Gasteiger partial charge in [-0.25, -0.2) is 14.5 Å². The number of para-hydroxylation sites is 1. The molecule has 172 valence electrons. The molecule has 1 N–H and O–H groups in total. The fourth-order valence-electron chi connectivity index (χ4n) is 3.94. The minimum Gasteiger partial charge on any atom is -0.462 e. The number of barbiturate groups is 1. The summed E-state index contributed by atoms with van der Waals surface area (Å²) in [5.74, 6) is -1.87. The van der Waals surface area contributed by atoms with E-state index >= 15 is 0 Å². The van der Waals surface area contributed by atoms with Gasteiger partial charge in [0.25, 0.3) is 11.8 Å². The van der Waals surface area contributed by atoms with Gasteiger partial charge < -0.3 is 9.30 Å². The van der Waals surface area contributed by atoms with Crippen molar-refractivity contribution in [1.82, 2.24) is 9.88 Å². The average molecular weight is 457 g/mol. The number of nitrogens with zero attached hydrogens (tertiary/aromatic N) is 2. The van der Waals surface area contributed by atoms with Gasteiger partial charge in [-0.15, -0.1) is 0 Å². The first-order chi connectivity index (χ1) is 16.3. The zero-order valence-corrected chi connectivity index (χ0v) is 19.0. The van der Waals surface area contributed by atoms with E-state index in [4.69, 9.17) is 4.74 Å². The molecule has 8 heteroatoms. The molecule has 4 amide bonds. The molecule has 0 bridgehead atoms. The quantitative estimate of drug-likeness (QED) is 0.356. The van der Waals surface area contributed by atoms with Gasteiger partial charge in [-0.3, -0.25) is 14.9 Å². The molecule has 1 fully saturated rings. The molecule has 0 aliphatic carbocycles. The van der Waals surface area contributed by atoms with Gasteiger partial charge in [-0.05, 0) is 68.8 Å². The van der Waals surface area contributed by atoms with Crippen LogP contribution in [0.25, 0.3) is 11.8 Å². The smallest absolute Gasteiger partial charge is 0.338 e. The number of imide groups is 2. The number of benzene rings is 2. The summed E-state index contributed by atoms with van der Waals surface area (Å²) in [6.07, 6.45) is 1.48. The van der Waals surface area contributed by atoms with Gasteiger partial charge in [0.05, 0.1) is 17.9 Å². The first-order valence-electron chi connectivity index (χ1n) is 10.7. The number of urea groups is 1. The van der Waals surface area contributed by atoms with E-state index in [1.165, 1.54) is 6.08 Å². The fraction of sp³-hybridized carbons (Fsp3) is 0.154. The summed E-state index contributed by atoms with van der Waals surface area (Å²) < 4.78 is 7.01. The lowest BCUT2D eigenvalue weighted by Crippen LogP contribution is -2.54. The van der Waals surface area contributed by atoms with Crippen molar-refractivity contribution in [1.29, 1.82) is 0 Å². The van der Waals surface area contributed by atoms with Crippen molar-refractivity contribution in [3.8, 4) is 5.69 Å². The molecule has 34 heavy (non-hydrogen) atoms. The summed E-state index contributed by atoms with van der Waals surface area (Å²) in [6, 6.07) is 16.5. The predicted octanol–water partition coefficient (Wildman–Crippen LogP) is 3.94. The van der Waals surface area contributed by atoms with Gasteiger partial charge >= 0.3 is 12.0 Å². The summed E-state index contributed by atoms with van der Waals surface area (Å²) >= 11 is 0. The Morgan fingerprint density at radius 2 is 1.68 bits per heavy atom. The standard InChI is InChI=1S/C26H23N3O5/c1-4-34-25(32)18-9-8-12-21(14-18)28-16(2)13-19(17(28)3)15-22-23(30)27-26(33)29(24(22)31)20-10-6-5-7-11-20/h5-15H,4H2,1-3H3,(H,27,30,33)/b22-15+. The summed E-state index contributed by atoms with van der Waals surface area (Å²) in [7, 11) is 0. The molecule has 1 aliphatic rings. The molecular formula is C26H23N3O5. The van der Waals surface area contributed by atoms with Crippen LogP contribution in [0.4, 0.5) is 10.5 Å². The zero-order chi connectivity index (χ0) is 24.4. The Labute approximate surface area is 196 Å². The molecule has 1 aromatic heterocycles. The number of hydrogen-bond acceptors (Lipinski definition) is 5. The maximum Gasteiger partial charge on any atom is 0.338 e. The van der Waals surface area contributed by atoms with Crippen molar-refractivity contribution >= 4 is 35.6 Å². The number of anilines is 1. The van der Waals surface area contributed by atoms with Crippen molar-refractivity contribution in [3.63, 3.8) is 0 Å². The fourth-order valence-corrected chi connectivity index (χ4v) is 3.94. The second-order valence-electron chi connectivity index (χ2n) is 7.73. The van der Waals surface area contributed by atoms with Crippen LogP contribution in [0.3, 0.4) is 0 Å². The van der Waals surface area contributed by atoms with Crippen molar-refractivity contribution in [2.45, 2.75) is 20.8 Å². The first kappa shape index (κ1) is 22.7. The van der Waals surface area contributed by atoms with Crippen LogP contribution in [0.5, 0.6) is 0 Å². The van der Waals surface area contributed by atoms with Crippen molar-refractivity contribution < 1.29 is 23.9 Å². The van der Waals surface area contributed by atoms with E-state index in [0.717, 1.165) is 22.0 Å². The summed E-state index contributed by atoms with van der Waals surface area (Å²) in [5.41, 5.74) is 3.62. The Balaban J connectivity index is 1.73. The van der Waals surface area contributed by atoms with E-state index in [0.29, 0.717) is 16.8 Å². The minimum absolute atomic E-state index is 0.149. The average Bonchev–Trinajstić information content (AvgIpc) is 3.10. The van der Waals surface area contributed by atoms with Gasteiger partial charge in [0, 0.05) is 17.1 Å². The molecule has 2 heterocycles. The Bertz CT molecular complexity index is 1340. The molecule has 0 spiro atoms. The van der Waals surface area contributed by atoms with Gasteiger partial charge in [0.15, 0.2) is 0 Å². The number of ether oxygens (including phenoxy) is 1. The van der Waals surface area contributed by atoms with Crippen molar-refractivity contribution in [2.75, 3.05) is 11.5 Å². The third kappa shape index (κ3) is 4.13. The molecule has 4 rings (SSSR count). The van der Waals surface area contributed by atoms with Gasteiger partial charge in [-0.1, -0.05) is 24.3 Å². The molecule has 0 atom stereocenters. The van der Waals surface area contributed by atoms with Crippen molar-refractivity contribution in [2.24, 2.45) is 0 Å². The minimum atomic E-state index is -0.792. The Hall–Kier alpha value is -4.46. The third-order valence-corrected chi connectivity index (χ3v) is 5.50. The number of carbonyl (C=O) groups excluding carboxylic acids is 4. The topological polar surface area (TPSA) is 97.7 Å². The van der Waals surface area contributed by atoms with Crippen LogP contribution in [0.2, 0.25) is 0 Å². The monoisotopic (exact) mass is 457 g/mol. The highest BCUT2D eigenvalue weighted by Crippen LogP contribution is 2.26. The van der Waals surface area contributed by atoms with E-state index in [1.807, 2.05) is 30.5 Å². The largest absolute Gasteiger partial charge is 0.462 e. The highest BCUT2D eigenvalue weighted by Gasteiger charge is 2.37. The van der Waals surface area contributed by atoms with Gasteiger partial charge in [0.2, 0.25) is 0 Å². The molecule has 3 aromatic rings. The highest BCUT2D eigenvalue weighted by molar-refractivity contribution is 6.39. The number of aryl methyl sites for hydroxylation is 1. The Morgan fingerprint density at radius 3 is 2.38 bits per heavy atom. The maximum absolute atomic E-state index is 13.1. The van der Waals surface area contributed by atoms with E-state index < -0.39 is 23.8 Å². The third-order valence-electron chi connectivity index (χ3n) is 5.50. The Morgan fingerprint density at radius 1 is 0.971 bits per heavy atom. The van der Waals surface area contributed by atoms with Gasteiger partial charge in [-0.2, -0.15) is 0 Å². The highest BCUT2D eigenvalue weighted by atomic mass is 16.5. The SMILES string of the molecule is CCOC(=O)c1cccc(-n2c(C)cc(/C=C3\C(=O)NC(=O)N(c4ccccc4)C3=O)c2C)c1. The molecule has 8 nitrogen and oxygen atoms in total. The van der Waals surface area contributed by atoms with Gasteiger partial charge in [0.1, 0.15) is 5.57 Å². The molecule has 1 saturated heterocycles. The predicted molar refractivity (Wildman–Crippen MR) is 127 cm³/mol. The zero-order valence-electron chi connectivity index (χ0n) is 19.0. The first-order valence-corrected chi connectivity index (χ1v) is 10.7. The van der Waals surface area contributed by atoms with Crippen molar-refractivity contribution in [3.05, 3.63) is 88.8 Å². The number of carbonyl (C=O) groups is 4.